The lowest BCUT2D eigenvalue weighted by molar-refractivity contribution is -0.157. The fourth-order valence-electron chi connectivity index (χ4n) is 4.57. The number of fused-ring (bicyclic) bond motifs is 1. The van der Waals surface area contributed by atoms with E-state index < -0.39 is 11.9 Å². The molecule has 1 N–H and O–H groups in total. The number of ether oxygens (including phenoxy) is 2. The Balaban J connectivity index is 1.34. The van der Waals surface area contributed by atoms with Gasteiger partial charge in [-0.25, -0.2) is 0 Å². The van der Waals surface area contributed by atoms with Gasteiger partial charge >= 0.3 is 11.9 Å². The van der Waals surface area contributed by atoms with Gasteiger partial charge in [0.1, 0.15) is 6.10 Å². The van der Waals surface area contributed by atoms with Crippen molar-refractivity contribution in [2.45, 2.75) is 32.8 Å². The minimum absolute atomic E-state index is 0.0142. The maximum atomic E-state index is 12.4. The second-order valence-corrected chi connectivity index (χ2v) is 7.38. The molecule has 3 aliphatic rings. The zero-order chi connectivity index (χ0) is 17.7. The molecule has 1 amide bonds. The van der Waals surface area contributed by atoms with Crippen LogP contribution in [0.1, 0.15) is 24.0 Å². The Morgan fingerprint density at radius 2 is 2.04 bits per heavy atom. The summed E-state index contributed by atoms with van der Waals surface area (Å²) in [5, 5.41) is 2.72. The van der Waals surface area contributed by atoms with Gasteiger partial charge in [-0.1, -0.05) is 6.07 Å². The largest absolute Gasteiger partial charge is 0.462 e. The number of esters is 2. The number of carbonyl (C=O) groups is 3. The number of benzene rings is 1. The second-order valence-electron chi connectivity index (χ2n) is 7.38. The van der Waals surface area contributed by atoms with Gasteiger partial charge in [-0.05, 0) is 55.9 Å². The van der Waals surface area contributed by atoms with Gasteiger partial charge in [0.15, 0.2) is 6.61 Å². The zero-order valence-electron chi connectivity index (χ0n) is 14.3. The highest BCUT2D eigenvalue weighted by atomic mass is 16.6. The molecular weight excluding hydrogens is 322 g/mol. The van der Waals surface area contributed by atoms with E-state index in [1.54, 1.807) is 0 Å². The number of nitrogens with one attached hydrogen (secondary N) is 1. The Bertz CT molecular complexity index is 756. The van der Waals surface area contributed by atoms with Crippen LogP contribution in [-0.2, 0) is 23.9 Å². The van der Waals surface area contributed by atoms with Crippen molar-refractivity contribution in [1.82, 2.24) is 0 Å². The maximum absolute atomic E-state index is 12.4. The van der Waals surface area contributed by atoms with Crippen LogP contribution < -0.4 is 5.32 Å². The molecule has 1 aliphatic heterocycles. The van der Waals surface area contributed by atoms with Crippen LogP contribution in [0.5, 0.6) is 0 Å². The molecule has 4 rings (SSSR count). The summed E-state index contributed by atoms with van der Waals surface area (Å²) >= 11 is 0. The van der Waals surface area contributed by atoms with Crippen molar-refractivity contribution in [3.05, 3.63) is 29.3 Å². The van der Waals surface area contributed by atoms with Crippen LogP contribution >= 0.6 is 0 Å². The topological polar surface area (TPSA) is 81.7 Å². The molecule has 6 nitrogen and oxygen atoms in total. The smallest absolute Gasteiger partial charge is 0.310 e. The molecule has 3 fully saturated rings. The molecule has 0 spiro atoms. The molecule has 1 saturated heterocycles. The van der Waals surface area contributed by atoms with E-state index in [2.05, 4.69) is 5.32 Å². The number of anilines is 1. The van der Waals surface area contributed by atoms with Crippen molar-refractivity contribution in [2.24, 2.45) is 23.7 Å². The van der Waals surface area contributed by atoms with Gasteiger partial charge in [-0.2, -0.15) is 0 Å². The maximum Gasteiger partial charge on any atom is 0.310 e. The van der Waals surface area contributed by atoms with E-state index >= 15 is 0 Å². The number of hydrogen-bond donors (Lipinski definition) is 1. The van der Waals surface area contributed by atoms with Crippen molar-refractivity contribution in [1.29, 1.82) is 0 Å². The van der Waals surface area contributed by atoms with Gasteiger partial charge in [0, 0.05) is 11.6 Å². The molecule has 1 aromatic carbocycles. The van der Waals surface area contributed by atoms with Crippen molar-refractivity contribution < 1.29 is 23.9 Å². The first-order valence-electron chi connectivity index (χ1n) is 8.68. The Labute approximate surface area is 145 Å². The minimum Gasteiger partial charge on any atom is -0.462 e. The van der Waals surface area contributed by atoms with Gasteiger partial charge < -0.3 is 14.8 Å². The highest BCUT2D eigenvalue weighted by Gasteiger charge is 2.64. The molecule has 0 radical (unpaired) electrons. The molecule has 2 bridgehead atoms. The molecule has 5 atom stereocenters. The third-order valence-electron chi connectivity index (χ3n) is 5.89. The van der Waals surface area contributed by atoms with Crippen LogP contribution in [0.3, 0.4) is 0 Å². The van der Waals surface area contributed by atoms with Crippen LogP contribution in [-0.4, -0.2) is 30.6 Å². The number of amides is 1. The van der Waals surface area contributed by atoms with Gasteiger partial charge in [0.2, 0.25) is 0 Å². The van der Waals surface area contributed by atoms with E-state index in [1.807, 2.05) is 32.0 Å². The van der Waals surface area contributed by atoms with Crippen LogP contribution in [0.2, 0.25) is 0 Å². The predicted molar refractivity (Wildman–Crippen MR) is 88.6 cm³/mol. The van der Waals surface area contributed by atoms with E-state index in [1.165, 1.54) is 0 Å². The SMILES string of the molecule is Cc1ccc(NC(=O)COC(=O)[C@@H]2[C@@H]3C[C@@H]4[C@H]2C(=O)O[C@H]4C3)cc1C. The molecular formula is C19H21NO5. The highest BCUT2D eigenvalue weighted by molar-refractivity contribution is 5.93. The average molecular weight is 343 g/mol. The number of hydrogen-bond acceptors (Lipinski definition) is 5. The third-order valence-corrected chi connectivity index (χ3v) is 5.89. The van der Waals surface area contributed by atoms with Crippen LogP contribution in [0, 0.1) is 37.5 Å². The number of rotatable bonds is 4. The Kier molecular flexibility index (Phi) is 3.78. The summed E-state index contributed by atoms with van der Waals surface area (Å²) in [5.41, 5.74) is 2.89. The van der Waals surface area contributed by atoms with Crippen molar-refractivity contribution in [2.75, 3.05) is 11.9 Å². The second kappa shape index (κ2) is 5.86. The summed E-state index contributed by atoms with van der Waals surface area (Å²) in [7, 11) is 0. The van der Waals surface area contributed by atoms with Gasteiger partial charge in [-0.15, -0.1) is 0 Å². The lowest BCUT2D eigenvalue weighted by Gasteiger charge is -2.22. The highest BCUT2D eigenvalue weighted by Crippen LogP contribution is 2.57. The summed E-state index contributed by atoms with van der Waals surface area (Å²) in [6.45, 7) is 3.62. The predicted octanol–water partition coefficient (Wildman–Crippen LogP) is 1.98. The molecule has 0 unspecified atom stereocenters. The van der Waals surface area contributed by atoms with Crippen LogP contribution in [0.25, 0.3) is 0 Å². The molecule has 2 saturated carbocycles. The molecule has 6 heteroatoms. The fraction of sp³-hybridized carbons (Fsp3) is 0.526. The van der Waals surface area contributed by atoms with E-state index in [0.29, 0.717) is 5.69 Å². The van der Waals surface area contributed by atoms with E-state index in [4.69, 9.17) is 9.47 Å². The fourth-order valence-corrected chi connectivity index (χ4v) is 4.57. The molecule has 132 valence electrons. The summed E-state index contributed by atoms with van der Waals surface area (Å²) in [6, 6.07) is 5.61. The monoisotopic (exact) mass is 343 g/mol. The Morgan fingerprint density at radius 3 is 2.80 bits per heavy atom. The van der Waals surface area contributed by atoms with Gasteiger partial charge in [0.05, 0.1) is 11.8 Å². The Morgan fingerprint density at radius 1 is 1.24 bits per heavy atom. The van der Waals surface area contributed by atoms with Crippen molar-refractivity contribution in [3.8, 4) is 0 Å². The first-order valence-corrected chi connectivity index (χ1v) is 8.68. The van der Waals surface area contributed by atoms with Gasteiger partial charge in [-0.3, -0.25) is 14.4 Å². The first-order chi connectivity index (χ1) is 11.9. The standard InChI is InChI=1S/C19H21NO5/c1-9-3-4-12(5-10(9)2)20-15(21)8-24-18(22)16-11-6-13-14(7-11)25-19(23)17(13)16/h3-5,11,13-14,16-17H,6-8H2,1-2H3,(H,20,21)/t11-,13+,14+,16-,17-/m1/s1. The van der Waals surface area contributed by atoms with Crippen molar-refractivity contribution in [3.63, 3.8) is 0 Å². The molecule has 1 aromatic rings. The number of aryl methyl sites for hydroxylation is 2. The van der Waals surface area contributed by atoms with Crippen LogP contribution in [0.15, 0.2) is 18.2 Å². The first kappa shape index (κ1) is 16.1. The molecule has 1 heterocycles. The molecule has 2 aliphatic carbocycles. The summed E-state index contributed by atoms with van der Waals surface area (Å²) < 4.78 is 10.5. The summed E-state index contributed by atoms with van der Waals surface area (Å²) in [5.74, 6) is -1.65. The van der Waals surface area contributed by atoms with E-state index in [-0.39, 0.29) is 42.3 Å². The molecule has 0 aromatic heterocycles. The quantitative estimate of drug-likeness (QED) is 0.846. The average Bonchev–Trinajstić information content (AvgIpc) is 3.18. The molecule has 25 heavy (non-hydrogen) atoms. The van der Waals surface area contributed by atoms with E-state index in [9.17, 15) is 14.4 Å². The van der Waals surface area contributed by atoms with Gasteiger partial charge in [0.25, 0.3) is 5.91 Å². The Hall–Kier alpha value is -2.37. The third kappa shape index (κ3) is 2.69. The lowest BCUT2D eigenvalue weighted by atomic mass is 9.80. The normalized spacial score (nSPS) is 31.8. The van der Waals surface area contributed by atoms with Crippen LogP contribution in [0.4, 0.5) is 5.69 Å². The summed E-state index contributed by atoms with van der Waals surface area (Å²) in [6.07, 6.45) is 1.57. The lowest BCUT2D eigenvalue weighted by Crippen LogP contribution is -2.34. The number of carbonyl (C=O) groups excluding carboxylic acids is 3. The zero-order valence-corrected chi connectivity index (χ0v) is 14.3. The minimum atomic E-state index is -0.454. The van der Waals surface area contributed by atoms with Crippen molar-refractivity contribution >= 4 is 23.5 Å². The summed E-state index contributed by atoms with van der Waals surface area (Å²) in [4.78, 5) is 36.4. The van der Waals surface area contributed by atoms with E-state index in [0.717, 1.165) is 24.0 Å².